The third-order valence-electron chi connectivity index (χ3n) is 14.1. The Kier molecular flexibility index (Phi) is 6.97. The van der Waals surface area contributed by atoms with Gasteiger partial charge < -0.3 is 4.74 Å². The van der Waals surface area contributed by atoms with Crippen LogP contribution in [0, 0.1) is 56.2 Å². The molecule has 0 spiro atoms. The fraction of sp³-hybridized carbons (Fsp3) is 0.882. The highest BCUT2D eigenvalue weighted by Gasteiger charge is 2.69. The maximum absolute atomic E-state index is 13.4. The summed E-state index contributed by atoms with van der Waals surface area (Å²) in [5, 5.41) is 9.90. The summed E-state index contributed by atoms with van der Waals surface area (Å²) >= 11 is 0. The van der Waals surface area contributed by atoms with E-state index in [2.05, 4.69) is 66.1 Å². The van der Waals surface area contributed by atoms with Gasteiger partial charge in [-0.1, -0.05) is 60.6 Å². The molecule has 9 atom stereocenters. The highest BCUT2D eigenvalue weighted by Crippen LogP contribution is 2.74. The topological polar surface area (TPSA) is 75.6 Å². The number of hydrogen-bond donors (Lipinski definition) is 2. The minimum Gasteiger partial charge on any atom is -0.462 e. The molecular weight excluding hydrogens is 486 g/mol. The lowest BCUT2D eigenvalue weighted by molar-refractivity contribution is -0.226. The molecule has 0 aromatic carbocycles. The number of fused-ring (bicyclic) bond motifs is 7. The van der Waals surface area contributed by atoms with Crippen LogP contribution >= 0.6 is 0 Å². The minimum absolute atomic E-state index is 0.0185. The summed E-state index contributed by atoms with van der Waals surface area (Å²) in [5.41, 5.74) is 2.20. The molecule has 5 rings (SSSR count). The maximum Gasteiger partial charge on any atom is 0.302 e. The largest absolute Gasteiger partial charge is 0.462 e. The Morgan fingerprint density at radius 3 is 2.21 bits per heavy atom. The van der Waals surface area contributed by atoms with Crippen molar-refractivity contribution in [2.75, 3.05) is 0 Å². The summed E-state index contributed by atoms with van der Waals surface area (Å²) in [4.78, 5) is 25.4. The quantitative estimate of drug-likeness (QED) is 0.161. The van der Waals surface area contributed by atoms with Gasteiger partial charge in [0.2, 0.25) is 5.91 Å². The number of hydroxylamine groups is 1. The molecule has 2 N–H and O–H groups in total. The van der Waals surface area contributed by atoms with Gasteiger partial charge in [-0.2, -0.15) is 0 Å². The first kappa shape index (κ1) is 29.1. The number of rotatable bonds is 2. The Morgan fingerprint density at radius 2 is 1.54 bits per heavy atom. The number of nitrogens with one attached hydrogen (secondary N) is 1. The zero-order valence-corrected chi connectivity index (χ0v) is 26.0. The van der Waals surface area contributed by atoms with E-state index in [0.717, 1.165) is 64.2 Å². The standard InChI is InChI=1S/C34H55NO4/c1-22(36)39-27-14-15-31(6)25(30(27,4)5)13-16-33(8)26(31)12-10-9-11-23-24-21-29(2,3)17-19-34(24,28(37)35-38)20-18-32(23,33)7/h10,12,23-27,38H,9,11,13-21H2,1-8H3,(H,35,37)/t23?,24-,25-,26+,27-,31?,32+,33+,34-/m0/s1. The molecule has 5 aliphatic rings. The van der Waals surface area contributed by atoms with Gasteiger partial charge in [-0.15, -0.1) is 0 Å². The van der Waals surface area contributed by atoms with Crippen LogP contribution in [0.2, 0.25) is 0 Å². The number of allylic oxidation sites excluding steroid dienone is 2. The average molecular weight is 542 g/mol. The van der Waals surface area contributed by atoms with Gasteiger partial charge in [-0.25, -0.2) is 5.48 Å². The predicted octanol–water partition coefficient (Wildman–Crippen LogP) is 7.86. The lowest BCUT2D eigenvalue weighted by Gasteiger charge is -2.71. The zero-order valence-electron chi connectivity index (χ0n) is 26.0. The molecule has 0 heterocycles. The van der Waals surface area contributed by atoms with Gasteiger partial charge in [0.1, 0.15) is 6.10 Å². The third kappa shape index (κ3) is 4.09. The molecule has 0 aromatic rings. The van der Waals surface area contributed by atoms with E-state index in [1.807, 2.05) is 0 Å². The summed E-state index contributed by atoms with van der Waals surface area (Å²) in [6.07, 6.45) is 16.5. The van der Waals surface area contributed by atoms with Crippen molar-refractivity contribution in [3.63, 3.8) is 0 Å². The van der Waals surface area contributed by atoms with Crippen LogP contribution < -0.4 is 5.48 Å². The smallest absolute Gasteiger partial charge is 0.302 e. The van der Waals surface area contributed by atoms with Crippen LogP contribution in [0.5, 0.6) is 0 Å². The molecular formula is C34H55NO4. The van der Waals surface area contributed by atoms with Gasteiger partial charge in [0.25, 0.3) is 0 Å². The first-order valence-electron chi connectivity index (χ1n) is 15.9. The molecule has 39 heavy (non-hydrogen) atoms. The summed E-state index contributed by atoms with van der Waals surface area (Å²) in [7, 11) is 0. The second-order valence-corrected chi connectivity index (χ2v) is 16.6. The number of carbonyl (C=O) groups is 2. The molecule has 4 saturated carbocycles. The van der Waals surface area contributed by atoms with Crippen molar-refractivity contribution in [1.82, 2.24) is 5.48 Å². The van der Waals surface area contributed by atoms with Crippen molar-refractivity contribution in [2.45, 2.75) is 132 Å². The highest BCUT2D eigenvalue weighted by molar-refractivity contribution is 5.82. The van der Waals surface area contributed by atoms with Crippen LogP contribution in [-0.4, -0.2) is 23.2 Å². The van der Waals surface area contributed by atoms with E-state index in [1.165, 1.54) is 6.42 Å². The van der Waals surface area contributed by atoms with Crippen LogP contribution in [0.1, 0.15) is 126 Å². The van der Waals surface area contributed by atoms with Crippen molar-refractivity contribution in [3.05, 3.63) is 12.2 Å². The SMILES string of the molecule is CC(=O)O[C@H]1CCC2(C)[C@H]3C=CCCC4[C@@H]5CC(C)(C)CC[C@]5(C(=O)NO)CC[C@@]4(C)[C@]3(C)CC[C@H]2C1(C)C. The first-order chi connectivity index (χ1) is 18.1. The van der Waals surface area contributed by atoms with Gasteiger partial charge in [-0.05, 0) is 116 Å². The van der Waals surface area contributed by atoms with E-state index >= 15 is 0 Å². The van der Waals surface area contributed by atoms with Gasteiger partial charge >= 0.3 is 5.97 Å². The molecule has 5 heteroatoms. The number of ether oxygens (including phenoxy) is 1. The molecule has 0 radical (unpaired) electrons. The fourth-order valence-corrected chi connectivity index (χ4v) is 11.8. The lowest BCUT2D eigenvalue weighted by atomic mass is 9.33. The van der Waals surface area contributed by atoms with Crippen molar-refractivity contribution in [1.29, 1.82) is 0 Å². The Bertz CT molecular complexity index is 1030. The number of hydrogen-bond acceptors (Lipinski definition) is 4. The Labute approximate surface area is 237 Å². The summed E-state index contributed by atoms with van der Waals surface area (Å²) in [5.74, 6) is 1.38. The normalized spacial score (nSPS) is 48.2. The Hall–Kier alpha value is -1.36. The third-order valence-corrected chi connectivity index (χ3v) is 14.1. The highest BCUT2D eigenvalue weighted by atomic mass is 16.5. The van der Waals surface area contributed by atoms with Crippen molar-refractivity contribution in [3.8, 4) is 0 Å². The Morgan fingerprint density at radius 1 is 0.846 bits per heavy atom. The van der Waals surface area contributed by atoms with E-state index in [1.54, 1.807) is 6.92 Å². The predicted molar refractivity (Wildman–Crippen MR) is 154 cm³/mol. The Balaban J connectivity index is 1.57. The van der Waals surface area contributed by atoms with Gasteiger partial charge in [0, 0.05) is 12.3 Å². The van der Waals surface area contributed by atoms with Crippen LogP contribution in [0.15, 0.2) is 12.2 Å². The number of carbonyl (C=O) groups excluding carboxylic acids is 2. The summed E-state index contributed by atoms with van der Waals surface area (Å²) in [6, 6.07) is 0. The van der Waals surface area contributed by atoms with Gasteiger partial charge in [0.15, 0.2) is 0 Å². The van der Waals surface area contributed by atoms with Crippen LogP contribution in [0.4, 0.5) is 0 Å². The van der Waals surface area contributed by atoms with E-state index in [-0.39, 0.29) is 51.0 Å². The molecule has 2 unspecified atom stereocenters. The van der Waals surface area contributed by atoms with E-state index in [9.17, 15) is 14.8 Å². The average Bonchev–Trinajstić information content (AvgIpc) is 2.84. The summed E-state index contributed by atoms with van der Waals surface area (Å²) in [6.45, 7) is 18.7. The molecule has 0 aromatic heterocycles. The van der Waals surface area contributed by atoms with Gasteiger partial charge in [-0.3, -0.25) is 14.8 Å². The molecule has 0 saturated heterocycles. The molecule has 4 fully saturated rings. The maximum atomic E-state index is 13.4. The molecule has 0 bridgehead atoms. The van der Waals surface area contributed by atoms with Crippen molar-refractivity contribution < 1.29 is 19.5 Å². The minimum atomic E-state index is -0.450. The van der Waals surface area contributed by atoms with Crippen molar-refractivity contribution >= 4 is 11.9 Å². The molecule has 1 amide bonds. The summed E-state index contributed by atoms with van der Waals surface area (Å²) < 4.78 is 5.92. The molecule has 0 aliphatic heterocycles. The van der Waals surface area contributed by atoms with E-state index in [4.69, 9.17) is 4.74 Å². The molecule has 5 nitrogen and oxygen atoms in total. The number of esters is 1. The van der Waals surface area contributed by atoms with Gasteiger partial charge in [0.05, 0.1) is 5.41 Å². The van der Waals surface area contributed by atoms with Crippen molar-refractivity contribution in [2.24, 2.45) is 56.2 Å². The fourth-order valence-electron chi connectivity index (χ4n) is 11.8. The zero-order chi connectivity index (χ0) is 28.6. The van der Waals surface area contributed by atoms with Crippen LogP contribution in [0.3, 0.4) is 0 Å². The second-order valence-electron chi connectivity index (χ2n) is 16.6. The first-order valence-corrected chi connectivity index (χ1v) is 15.9. The molecule has 5 aliphatic carbocycles. The molecule has 220 valence electrons. The lowest BCUT2D eigenvalue weighted by Crippen LogP contribution is -2.66. The van der Waals surface area contributed by atoms with Crippen LogP contribution in [0.25, 0.3) is 0 Å². The van der Waals surface area contributed by atoms with Crippen LogP contribution in [-0.2, 0) is 14.3 Å². The van der Waals surface area contributed by atoms with E-state index in [0.29, 0.717) is 17.8 Å². The monoisotopic (exact) mass is 541 g/mol. The second kappa shape index (κ2) is 9.33. The number of amides is 1. The van der Waals surface area contributed by atoms with E-state index < -0.39 is 5.41 Å².